The highest BCUT2D eigenvalue weighted by Gasteiger charge is 2.25. The van der Waals surface area contributed by atoms with Crippen molar-refractivity contribution < 1.29 is 23.8 Å². The van der Waals surface area contributed by atoms with Crippen molar-refractivity contribution >= 4 is 17.5 Å². The lowest BCUT2D eigenvalue weighted by molar-refractivity contribution is -0.124. The Balaban J connectivity index is 1.48. The Labute approximate surface area is 175 Å². The molecule has 1 saturated heterocycles. The molecular formula is C23H26N2O5. The van der Waals surface area contributed by atoms with Crippen LogP contribution in [0.5, 0.6) is 11.5 Å². The molecule has 2 heterocycles. The highest BCUT2D eigenvalue weighted by Crippen LogP contribution is 2.33. The van der Waals surface area contributed by atoms with Gasteiger partial charge in [0.15, 0.2) is 11.5 Å². The van der Waals surface area contributed by atoms with Gasteiger partial charge in [-0.1, -0.05) is 6.07 Å². The summed E-state index contributed by atoms with van der Waals surface area (Å²) in [6.07, 6.45) is 1.96. The van der Waals surface area contributed by atoms with E-state index >= 15 is 0 Å². The summed E-state index contributed by atoms with van der Waals surface area (Å²) in [5.41, 5.74) is 3.36. The van der Waals surface area contributed by atoms with E-state index in [-0.39, 0.29) is 11.8 Å². The molecule has 0 unspecified atom stereocenters. The standard InChI is InChI=1S/C23H26N2O5/c1-28-20-12-15-8-9-25(14-17(15)13-21(20)29-2)23(27)16-5-3-6-18(11-16)24-22(26)19-7-4-10-30-19/h3,5-6,11-13,19H,4,7-10,14H2,1-2H3,(H,24,26)/t19-/m1/s1. The molecule has 1 fully saturated rings. The lowest BCUT2D eigenvalue weighted by Crippen LogP contribution is -2.36. The second kappa shape index (κ2) is 8.75. The topological polar surface area (TPSA) is 77.1 Å². The number of benzene rings is 2. The molecule has 0 aromatic heterocycles. The number of methoxy groups -OCH3 is 2. The van der Waals surface area contributed by atoms with E-state index in [4.69, 9.17) is 14.2 Å². The maximum absolute atomic E-state index is 13.1. The van der Waals surface area contributed by atoms with Crippen LogP contribution in [0.25, 0.3) is 0 Å². The summed E-state index contributed by atoms with van der Waals surface area (Å²) in [6.45, 7) is 1.73. The SMILES string of the molecule is COc1cc2c(cc1OC)CN(C(=O)c1cccc(NC(=O)[C@H]3CCCO3)c1)CC2. The molecule has 4 rings (SSSR count). The summed E-state index contributed by atoms with van der Waals surface area (Å²) in [6, 6.07) is 11.0. The number of nitrogens with one attached hydrogen (secondary N) is 1. The summed E-state index contributed by atoms with van der Waals surface area (Å²) < 4.78 is 16.2. The molecule has 7 heteroatoms. The first-order valence-corrected chi connectivity index (χ1v) is 10.1. The molecular weight excluding hydrogens is 384 g/mol. The molecule has 2 aromatic carbocycles. The third-order valence-corrected chi connectivity index (χ3v) is 5.60. The number of carbonyl (C=O) groups is 2. The second-order valence-corrected chi connectivity index (χ2v) is 7.52. The zero-order valence-electron chi connectivity index (χ0n) is 17.3. The van der Waals surface area contributed by atoms with Crippen LogP contribution in [0.2, 0.25) is 0 Å². The van der Waals surface area contributed by atoms with Gasteiger partial charge < -0.3 is 24.4 Å². The number of hydrogen-bond acceptors (Lipinski definition) is 5. The van der Waals surface area contributed by atoms with E-state index < -0.39 is 6.10 Å². The van der Waals surface area contributed by atoms with Gasteiger partial charge in [-0.3, -0.25) is 9.59 Å². The maximum atomic E-state index is 13.1. The number of rotatable bonds is 5. The van der Waals surface area contributed by atoms with E-state index in [1.54, 1.807) is 38.5 Å². The first kappa shape index (κ1) is 20.2. The number of fused-ring (bicyclic) bond motifs is 1. The highest BCUT2D eigenvalue weighted by atomic mass is 16.5. The van der Waals surface area contributed by atoms with Crippen molar-refractivity contribution in [1.29, 1.82) is 0 Å². The fourth-order valence-corrected chi connectivity index (χ4v) is 3.98. The van der Waals surface area contributed by atoms with E-state index in [1.807, 2.05) is 17.0 Å². The molecule has 7 nitrogen and oxygen atoms in total. The molecule has 0 spiro atoms. The summed E-state index contributed by atoms with van der Waals surface area (Å²) in [7, 11) is 3.22. The second-order valence-electron chi connectivity index (χ2n) is 7.52. The monoisotopic (exact) mass is 410 g/mol. The summed E-state index contributed by atoms with van der Waals surface area (Å²) in [5, 5.41) is 2.86. The van der Waals surface area contributed by atoms with Crippen LogP contribution in [-0.4, -0.2) is 50.2 Å². The van der Waals surface area contributed by atoms with Gasteiger partial charge in [0.1, 0.15) is 6.10 Å². The van der Waals surface area contributed by atoms with E-state index in [0.29, 0.717) is 42.4 Å². The van der Waals surface area contributed by atoms with Crippen LogP contribution in [0.3, 0.4) is 0 Å². The van der Waals surface area contributed by atoms with E-state index in [2.05, 4.69) is 5.32 Å². The zero-order chi connectivity index (χ0) is 21.1. The van der Waals surface area contributed by atoms with Crippen molar-refractivity contribution in [2.45, 2.75) is 31.9 Å². The molecule has 1 atom stereocenters. The third kappa shape index (κ3) is 4.11. The van der Waals surface area contributed by atoms with Gasteiger partial charge in [0.25, 0.3) is 11.8 Å². The first-order chi connectivity index (χ1) is 14.6. The molecule has 2 aromatic rings. The Bertz CT molecular complexity index is 953. The Morgan fingerprint density at radius 2 is 1.87 bits per heavy atom. The molecule has 2 aliphatic heterocycles. The number of ether oxygens (including phenoxy) is 3. The lowest BCUT2D eigenvalue weighted by atomic mass is 9.98. The molecule has 0 radical (unpaired) electrons. The molecule has 1 N–H and O–H groups in total. The summed E-state index contributed by atoms with van der Waals surface area (Å²) >= 11 is 0. The van der Waals surface area contributed by atoms with E-state index in [9.17, 15) is 9.59 Å². The summed E-state index contributed by atoms with van der Waals surface area (Å²) in [5.74, 6) is 1.13. The van der Waals surface area contributed by atoms with Gasteiger partial charge in [0, 0.05) is 30.9 Å². The van der Waals surface area contributed by atoms with Gasteiger partial charge in [0.2, 0.25) is 0 Å². The molecule has 0 aliphatic carbocycles. The molecule has 30 heavy (non-hydrogen) atoms. The Hall–Kier alpha value is -3.06. The van der Waals surface area contributed by atoms with Gasteiger partial charge in [-0.05, 0) is 60.7 Å². The van der Waals surface area contributed by atoms with Crippen molar-refractivity contribution in [3.63, 3.8) is 0 Å². The van der Waals surface area contributed by atoms with Crippen molar-refractivity contribution in [1.82, 2.24) is 4.90 Å². The normalized spacial score (nSPS) is 17.9. The smallest absolute Gasteiger partial charge is 0.254 e. The van der Waals surface area contributed by atoms with Gasteiger partial charge in [-0.25, -0.2) is 0 Å². The predicted molar refractivity (Wildman–Crippen MR) is 112 cm³/mol. The quantitative estimate of drug-likeness (QED) is 0.820. The molecule has 2 amide bonds. The molecule has 0 bridgehead atoms. The number of carbonyl (C=O) groups excluding carboxylic acids is 2. The van der Waals surface area contributed by atoms with Crippen molar-refractivity contribution in [3.05, 3.63) is 53.1 Å². The van der Waals surface area contributed by atoms with E-state index in [1.165, 1.54) is 0 Å². The third-order valence-electron chi connectivity index (χ3n) is 5.60. The minimum Gasteiger partial charge on any atom is -0.493 e. The number of nitrogens with zero attached hydrogens (tertiary/aromatic N) is 1. The maximum Gasteiger partial charge on any atom is 0.254 e. The van der Waals surface area contributed by atoms with Gasteiger partial charge in [-0.15, -0.1) is 0 Å². The van der Waals surface area contributed by atoms with Crippen molar-refractivity contribution in [3.8, 4) is 11.5 Å². The zero-order valence-corrected chi connectivity index (χ0v) is 17.3. The van der Waals surface area contributed by atoms with Crippen molar-refractivity contribution in [2.24, 2.45) is 0 Å². The Morgan fingerprint density at radius 3 is 2.57 bits per heavy atom. The minimum atomic E-state index is -0.407. The largest absolute Gasteiger partial charge is 0.493 e. The van der Waals surface area contributed by atoms with Gasteiger partial charge >= 0.3 is 0 Å². The van der Waals surface area contributed by atoms with Crippen LogP contribution in [0, 0.1) is 0 Å². The molecule has 0 saturated carbocycles. The van der Waals surface area contributed by atoms with E-state index in [0.717, 1.165) is 30.4 Å². The Kier molecular flexibility index (Phi) is 5.90. The van der Waals surface area contributed by atoms with Crippen molar-refractivity contribution in [2.75, 3.05) is 32.7 Å². The molecule has 2 aliphatic rings. The fraction of sp³-hybridized carbons (Fsp3) is 0.391. The Morgan fingerprint density at radius 1 is 1.10 bits per heavy atom. The average Bonchev–Trinajstić information content (AvgIpc) is 3.32. The summed E-state index contributed by atoms with van der Waals surface area (Å²) in [4.78, 5) is 27.2. The lowest BCUT2D eigenvalue weighted by Gasteiger charge is -2.30. The van der Waals surface area contributed by atoms with Crippen LogP contribution in [-0.2, 0) is 22.5 Å². The molecule has 158 valence electrons. The van der Waals surface area contributed by atoms with Crippen LogP contribution in [0.4, 0.5) is 5.69 Å². The van der Waals surface area contributed by atoms with Gasteiger partial charge in [-0.2, -0.15) is 0 Å². The van der Waals surface area contributed by atoms with Crippen LogP contribution >= 0.6 is 0 Å². The van der Waals surface area contributed by atoms with Crippen LogP contribution < -0.4 is 14.8 Å². The van der Waals surface area contributed by atoms with Gasteiger partial charge in [0.05, 0.1) is 14.2 Å². The number of amides is 2. The predicted octanol–water partition coefficient (Wildman–Crippen LogP) is 3.02. The fourth-order valence-electron chi connectivity index (χ4n) is 3.98. The van der Waals surface area contributed by atoms with Crippen LogP contribution in [0.15, 0.2) is 36.4 Å². The minimum absolute atomic E-state index is 0.0661. The van der Waals surface area contributed by atoms with Crippen LogP contribution in [0.1, 0.15) is 34.3 Å². The number of anilines is 1. The average molecular weight is 410 g/mol. The first-order valence-electron chi connectivity index (χ1n) is 10.1. The number of hydrogen-bond donors (Lipinski definition) is 1. The highest BCUT2D eigenvalue weighted by molar-refractivity contribution is 5.98.